The van der Waals surface area contributed by atoms with Crippen molar-refractivity contribution in [1.29, 1.82) is 0 Å². The van der Waals surface area contributed by atoms with Gasteiger partial charge in [0, 0.05) is 36.7 Å². The summed E-state index contributed by atoms with van der Waals surface area (Å²) in [6.07, 6.45) is 0. The third-order valence-corrected chi connectivity index (χ3v) is 3.98. The second-order valence-electron chi connectivity index (χ2n) is 5.73. The number of aromatic nitrogens is 2. The number of hydrogen-bond acceptors (Lipinski definition) is 3. The van der Waals surface area contributed by atoms with Crippen molar-refractivity contribution in [2.24, 2.45) is 0 Å². The van der Waals surface area contributed by atoms with Crippen molar-refractivity contribution in [2.75, 3.05) is 20.3 Å². The van der Waals surface area contributed by atoms with Crippen molar-refractivity contribution < 1.29 is 9.53 Å². The number of hydrogen-bond donors (Lipinski definition) is 1. The number of para-hydroxylation sites is 1. The van der Waals surface area contributed by atoms with Gasteiger partial charge in [-0.05, 0) is 31.5 Å². The summed E-state index contributed by atoms with van der Waals surface area (Å²) in [6.45, 7) is 5.44. The summed E-state index contributed by atoms with van der Waals surface area (Å²) < 4.78 is 7.01. The molecule has 23 heavy (non-hydrogen) atoms. The summed E-state index contributed by atoms with van der Waals surface area (Å²) >= 11 is 0. The molecule has 0 fully saturated rings. The summed E-state index contributed by atoms with van der Waals surface area (Å²) in [5, 5.41) is 5.26. The van der Waals surface area contributed by atoms with E-state index in [0.29, 0.717) is 13.1 Å². The minimum Gasteiger partial charge on any atom is -0.375 e. The molecule has 2 aromatic heterocycles. The Kier molecular flexibility index (Phi) is 4.30. The Morgan fingerprint density at radius 3 is 2.87 bits per heavy atom. The second kappa shape index (κ2) is 6.38. The molecule has 3 rings (SSSR count). The normalized spacial score (nSPS) is 11.3. The number of ether oxygens (including phenoxy) is 1. The molecule has 1 N–H and O–H groups in total. The van der Waals surface area contributed by atoms with E-state index < -0.39 is 0 Å². The highest BCUT2D eigenvalue weighted by atomic mass is 16.5. The van der Waals surface area contributed by atoms with E-state index in [4.69, 9.17) is 9.72 Å². The number of carbonyl (C=O) groups is 1. The van der Waals surface area contributed by atoms with Crippen LogP contribution >= 0.6 is 0 Å². The molecule has 0 spiro atoms. The fraction of sp³-hybridized carbons (Fsp3) is 0.333. The summed E-state index contributed by atoms with van der Waals surface area (Å²) in [6, 6.07) is 10.4. The zero-order valence-corrected chi connectivity index (χ0v) is 13.7. The first-order valence-corrected chi connectivity index (χ1v) is 7.72. The highest BCUT2D eigenvalue weighted by molar-refractivity contribution is 6.08. The molecule has 0 unspecified atom stereocenters. The van der Waals surface area contributed by atoms with E-state index in [1.807, 2.05) is 19.1 Å². The Labute approximate surface area is 135 Å². The Morgan fingerprint density at radius 1 is 1.30 bits per heavy atom. The largest absolute Gasteiger partial charge is 0.375 e. The molecule has 0 aliphatic rings. The van der Waals surface area contributed by atoms with Gasteiger partial charge in [0.05, 0.1) is 5.52 Å². The van der Waals surface area contributed by atoms with Gasteiger partial charge in [-0.3, -0.25) is 4.79 Å². The lowest BCUT2D eigenvalue weighted by atomic mass is 10.1. The van der Waals surface area contributed by atoms with Gasteiger partial charge in [0.2, 0.25) is 5.91 Å². The average molecular weight is 311 g/mol. The van der Waals surface area contributed by atoms with Gasteiger partial charge in [0.1, 0.15) is 12.3 Å². The van der Waals surface area contributed by atoms with Crippen LogP contribution in [-0.4, -0.2) is 35.7 Å². The third kappa shape index (κ3) is 2.92. The number of nitrogens with one attached hydrogen (secondary N) is 1. The topological polar surface area (TPSA) is 56.1 Å². The molecule has 1 aromatic carbocycles. The lowest BCUT2D eigenvalue weighted by Gasteiger charge is -2.09. The summed E-state index contributed by atoms with van der Waals surface area (Å²) in [5.41, 5.74) is 4.35. The predicted molar refractivity (Wildman–Crippen MR) is 91.6 cm³/mol. The molecule has 0 atom stereocenters. The standard InChI is InChI=1S/C18H21N3O2/c1-12-10-13(2)20-18-17(12)14-6-4-5-7-15(14)21(18)9-8-19-16(22)11-23-3/h4-7,10H,8-9,11H2,1-3H3,(H,19,22). The van der Waals surface area contributed by atoms with Crippen LogP contribution < -0.4 is 5.32 Å². The van der Waals surface area contributed by atoms with Crippen LogP contribution in [0.1, 0.15) is 11.3 Å². The smallest absolute Gasteiger partial charge is 0.246 e. The van der Waals surface area contributed by atoms with E-state index in [2.05, 4.69) is 35.0 Å². The number of fused-ring (bicyclic) bond motifs is 3. The Morgan fingerprint density at radius 2 is 2.09 bits per heavy atom. The molecule has 1 amide bonds. The van der Waals surface area contributed by atoms with Gasteiger partial charge in [-0.25, -0.2) is 4.98 Å². The van der Waals surface area contributed by atoms with Crippen molar-refractivity contribution in [2.45, 2.75) is 20.4 Å². The van der Waals surface area contributed by atoms with Crippen LogP contribution in [0.3, 0.4) is 0 Å². The minimum atomic E-state index is -0.103. The Bertz CT molecular complexity index is 867. The second-order valence-corrected chi connectivity index (χ2v) is 5.73. The van der Waals surface area contributed by atoms with E-state index in [0.717, 1.165) is 16.9 Å². The summed E-state index contributed by atoms with van der Waals surface area (Å²) in [4.78, 5) is 16.3. The molecule has 3 aromatic rings. The third-order valence-electron chi connectivity index (χ3n) is 3.98. The van der Waals surface area contributed by atoms with Crippen molar-refractivity contribution >= 4 is 27.8 Å². The number of carbonyl (C=O) groups excluding carboxylic acids is 1. The van der Waals surface area contributed by atoms with Crippen LogP contribution in [0.4, 0.5) is 0 Å². The zero-order valence-electron chi connectivity index (χ0n) is 13.7. The number of rotatable bonds is 5. The molecule has 0 bridgehead atoms. The first kappa shape index (κ1) is 15.5. The van der Waals surface area contributed by atoms with Gasteiger partial charge in [0.25, 0.3) is 0 Å². The first-order chi connectivity index (χ1) is 11.1. The number of amides is 1. The maximum atomic E-state index is 11.5. The molecule has 120 valence electrons. The molecular formula is C18H21N3O2. The van der Waals surface area contributed by atoms with Gasteiger partial charge in [-0.2, -0.15) is 0 Å². The fourth-order valence-electron chi connectivity index (χ4n) is 3.10. The highest BCUT2D eigenvalue weighted by Crippen LogP contribution is 2.30. The Hall–Kier alpha value is -2.40. The quantitative estimate of drug-likeness (QED) is 0.788. The van der Waals surface area contributed by atoms with Crippen molar-refractivity contribution in [1.82, 2.24) is 14.9 Å². The van der Waals surface area contributed by atoms with E-state index in [1.165, 1.54) is 23.4 Å². The monoisotopic (exact) mass is 311 g/mol. The molecule has 0 aliphatic heterocycles. The number of benzene rings is 1. The summed E-state index contributed by atoms with van der Waals surface area (Å²) in [7, 11) is 1.52. The highest BCUT2D eigenvalue weighted by Gasteiger charge is 2.14. The maximum Gasteiger partial charge on any atom is 0.246 e. The fourth-order valence-corrected chi connectivity index (χ4v) is 3.10. The van der Waals surface area contributed by atoms with Gasteiger partial charge < -0.3 is 14.6 Å². The zero-order chi connectivity index (χ0) is 16.4. The van der Waals surface area contributed by atoms with E-state index >= 15 is 0 Å². The molecule has 0 saturated carbocycles. The van der Waals surface area contributed by atoms with E-state index in [9.17, 15) is 4.79 Å². The van der Waals surface area contributed by atoms with Crippen molar-refractivity contribution in [3.05, 3.63) is 41.6 Å². The van der Waals surface area contributed by atoms with E-state index in [-0.39, 0.29) is 12.5 Å². The van der Waals surface area contributed by atoms with Crippen LogP contribution in [0.2, 0.25) is 0 Å². The first-order valence-electron chi connectivity index (χ1n) is 7.72. The average Bonchev–Trinajstić information content (AvgIpc) is 2.82. The van der Waals surface area contributed by atoms with Crippen LogP contribution in [0.15, 0.2) is 30.3 Å². The molecule has 0 aliphatic carbocycles. The molecule has 0 saturated heterocycles. The van der Waals surface area contributed by atoms with Crippen LogP contribution in [0, 0.1) is 13.8 Å². The molecule has 0 radical (unpaired) electrons. The SMILES string of the molecule is COCC(=O)NCCn1c2ccccc2c2c(C)cc(C)nc21. The number of aryl methyl sites for hydroxylation is 2. The van der Waals surface area contributed by atoms with E-state index in [1.54, 1.807) is 0 Å². The van der Waals surface area contributed by atoms with Crippen LogP contribution in [0.25, 0.3) is 21.9 Å². The van der Waals surface area contributed by atoms with Crippen molar-refractivity contribution in [3.63, 3.8) is 0 Å². The Balaban J connectivity index is 2.02. The van der Waals surface area contributed by atoms with Crippen LogP contribution in [0.5, 0.6) is 0 Å². The lowest BCUT2D eigenvalue weighted by Crippen LogP contribution is -2.30. The van der Waals surface area contributed by atoms with Gasteiger partial charge in [-0.15, -0.1) is 0 Å². The number of pyridine rings is 1. The number of nitrogens with zero attached hydrogens (tertiary/aromatic N) is 2. The maximum absolute atomic E-state index is 11.5. The predicted octanol–water partition coefficient (Wildman–Crippen LogP) is 2.57. The molecule has 2 heterocycles. The van der Waals surface area contributed by atoms with Crippen LogP contribution in [-0.2, 0) is 16.1 Å². The molecule has 5 heteroatoms. The summed E-state index contributed by atoms with van der Waals surface area (Å²) in [5.74, 6) is -0.103. The van der Waals surface area contributed by atoms with Gasteiger partial charge >= 0.3 is 0 Å². The van der Waals surface area contributed by atoms with Crippen molar-refractivity contribution in [3.8, 4) is 0 Å². The minimum absolute atomic E-state index is 0.0869. The van der Waals surface area contributed by atoms with Gasteiger partial charge in [0.15, 0.2) is 0 Å². The lowest BCUT2D eigenvalue weighted by molar-refractivity contribution is -0.124. The van der Waals surface area contributed by atoms with Gasteiger partial charge in [-0.1, -0.05) is 18.2 Å². The molecular weight excluding hydrogens is 290 g/mol. The molecule has 5 nitrogen and oxygen atoms in total. The number of methoxy groups -OCH3 is 1.